The third-order valence-electron chi connectivity index (χ3n) is 3.50. The Morgan fingerprint density at radius 1 is 1.00 bits per heavy atom. The number of hydrogen-bond acceptors (Lipinski definition) is 1. The van der Waals surface area contributed by atoms with Gasteiger partial charge in [0.2, 0.25) is 0 Å². The monoisotopic (exact) mass is 237 g/mol. The Hall–Kier alpha value is -2.09. The van der Waals surface area contributed by atoms with Gasteiger partial charge in [-0.2, -0.15) is 0 Å². The molecule has 2 heteroatoms. The minimum Gasteiger partial charge on any atom is -0.301 e. The molecule has 1 unspecified atom stereocenters. The number of rotatable bonds is 2. The molecule has 0 aliphatic carbocycles. The van der Waals surface area contributed by atoms with Crippen LogP contribution in [0.1, 0.15) is 35.3 Å². The molecule has 1 heterocycles. The number of nitrogens with zero attached hydrogens (tertiary/aromatic N) is 1. The fourth-order valence-electron chi connectivity index (χ4n) is 2.68. The number of carbonyl (C=O) groups is 1. The molecule has 1 amide bonds. The predicted octanol–water partition coefficient (Wildman–Crippen LogP) is 3.80. The number of para-hydroxylation sites is 1. The largest absolute Gasteiger partial charge is 0.301 e. The van der Waals surface area contributed by atoms with Crippen LogP contribution in [0.15, 0.2) is 54.6 Å². The molecule has 0 N–H and O–H groups in total. The Morgan fingerprint density at radius 3 is 2.39 bits per heavy atom. The van der Waals surface area contributed by atoms with Crippen molar-refractivity contribution in [2.24, 2.45) is 0 Å². The molecule has 0 spiro atoms. The van der Waals surface area contributed by atoms with Crippen molar-refractivity contribution in [3.63, 3.8) is 0 Å². The maximum absolute atomic E-state index is 12.5. The lowest BCUT2D eigenvalue weighted by Gasteiger charge is -2.24. The number of amides is 1. The summed E-state index contributed by atoms with van der Waals surface area (Å²) in [6.07, 6.45) is 0.928. The Bertz CT molecular complexity index is 577. The summed E-state index contributed by atoms with van der Waals surface area (Å²) in [7, 11) is 0. The van der Waals surface area contributed by atoms with E-state index in [1.54, 1.807) is 0 Å². The third kappa shape index (κ3) is 1.53. The van der Waals surface area contributed by atoms with Crippen LogP contribution in [0.4, 0.5) is 5.69 Å². The lowest BCUT2D eigenvalue weighted by Crippen LogP contribution is -2.27. The molecular weight excluding hydrogens is 222 g/mol. The smallest absolute Gasteiger partial charge is 0.259 e. The van der Waals surface area contributed by atoms with Crippen molar-refractivity contribution in [1.82, 2.24) is 0 Å². The molecule has 0 fully saturated rings. The highest BCUT2D eigenvalue weighted by Gasteiger charge is 2.35. The van der Waals surface area contributed by atoms with E-state index in [2.05, 4.69) is 13.0 Å². The second-order valence-electron chi connectivity index (χ2n) is 4.52. The highest BCUT2D eigenvalue weighted by molar-refractivity contribution is 6.11. The van der Waals surface area contributed by atoms with Crippen LogP contribution < -0.4 is 4.90 Å². The standard InChI is InChI=1S/C16H15NO/c1-2-15-13-10-6-7-11-14(13)16(18)17(15)12-8-4-3-5-9-12/h3-11,15H,2H2,1H3. The minimum atomic E-state index is 0.114. The molecule has 3 rings (SSSR count). The fraction of sp³-hybridized carbons (Fsp3) is 0.188. The summed E-state index contributed by atoms with van der Waals surface area (Å²) in [5.41, 5.74) is 2.97. The van der Waals surface area contributed by atoms with E-state index in [0.29, 0.717) is 0 Å². The van der Waals surface area contributed by atoms with Crippen LogP contribution in [-0.4, -0.2) is 5.91 Å². The molecule has 1 aliphatic rings. The first kappa shape index (κ1) is 11.0. The molecule has 0 aromatic heterocycles. The summed E-state index contributed by atoms with van der Waals surface area (Å²) >= 11 is 0. The lowest BCUT2D eigenvalue weighted by molar-refractivity contribution is 0.0991. The van der Waals surface area contributed by atoms with Gasteiger partial charge in [-0.3, -0.25) is 4.79 Å². The first-order chi connectivity index (χ1) is 8.83. The molecule has 2 aromatic carbocycles. The van der Waals surface area contributed by atoms with E-state index in [1.165, 1.54) is 0 Å². The van der Waals surface area contributed by atoms with Gasteiger partial charge < -0.3 is 4.90 Å². The molecule has 1 aliphatic heterocycles. The summed E-state index contributed by atoms with van der Waals surface area (Å²) < 4.78 is 0. The van der Waals surface area contributed by atoms with E-state index >= 15 is 0 Å². The van der Waals surface area contributed by atoms with Crippen molar-refractivity contribution in [3.05, 3.63) is 65.7 Å². The highest BCUT2D eigenvalue weighted by Crippen LogP contribution is 2.38. The number of hydrogen-bond donors (Lipinski definition) is 0. The fourth-order valence-corrected chi connectivity index (χ4v) is 2.68. The minimum absolute atomic E-state index is 0.114. The summed E-state index contributed by atoms with van der Waals surface area (Å²) in [6.45, 7) is 2.12. The van der Waals surface area contributed by atoms with Crippen molar-refractivity contribution in [2.75, 3.05) is 4.90 Å². The van der Waals surface area contributed by atoms with Gasteiger partial charge in [0.25, 0.3) is 5.91 Å². The Kier molecular flexibility index (Phi) is 2.63. The quantitative estimate of drug-likeness (QED) is 0.778. The molecule has 1 atom stereocenters. The first-order valence-corrected chi connectivity index (χ1v) is 6.30. The summed E-state index contributed by atoms with van der Waals surface area (Å²) in [5.74, 6) is 0.114. The van der Waals surface area contributed by atoms with Crippen LogP contribution >= 0.6 is 0 Å². The molecule has 0 saturated heterocycles. The van der Waals surface area contributed by atoms with E-state index < -0.39 is 0 Å². The molecule has 0 radical (unpaired) electrons. The summed E-state index contributed by atoms with van der Waals surface area (Å²) in [5, 5.41) is 0. The number of carbonyl (C=O) groups excluding carboxylic acids is 1. The topological polar surface area (TPSA) is 20.3 Å². The van der Waals surface area contributed by atoms with Crippen LogP contribution in [0.5, 0.6) is 0 Å². The van der Waals surface area contributed by atoms with E-state index in [0.717, 1.165) is 23.2 Å². The highest BCUT2D eigenvalue weighted by atomic mass is 16.2. The third-order valence-corrected chi connectivity index (χ3v) is 3.50. The number of benzene rings is 2. The van der Waals surface area contributed by atoms with E-state index in [4.69, 9.17) is 0 Å². The Balaban J connectivity index is 2.11. The van der Waals surface area contributed by atoms with Gasteiger partial charge >= 0.3 is 0 Å². The van der Waals surface area contributed by atoms with Crippen LogP contribution in [-0.2, 0) is 0 Å². The molecule has 2 nitrogen and oxygen atoms in total. The average Bonchev–Trinajstić information content (AvgIpc) is 2.73. The molecule has 2 aromatic rings. The SMILES string of the molecule is CCC1c2ccccc2C(=O)N1c1ccccc1. The van der Waals surface area contributed by atoms with Crippen molar-refractivity contribution in [3.8, 4) is 0 Å². The second-order valence-corrected chi connectivity index (χ2v) is 4.52. The van der Waals surface area contributed by atoms with Gasteiger partial charge in [-0.1, -0.05) is 43.3 Å². The van der Waals surface area contributed by atoms with E-state index in [-0.39, 0.29) is 11.9 Å². The second kappa shape index (κ2) is 4.30. The van der Waals surface area contributed by atoms with Crippen LogP contribution in [0.2, 0.25) is 0 Å². The van der Waals surface area contributed by atoms with E-state index in [1.807, 2.05) is 53.4 Å². The molecule has 0 saturated carbocycles. The van der Waals surface area contributed by atoms with Crippen molar-refractivity contribution in [1.29, 1.82) is 0 Å². The zero-order valence-corrected chi connectivity index (χ0v) is 10.3. The van der Waals surface area contributed by atoms with Gasteiger partial charge in [-0.25, -0.2) is 0 Å². The Labute approximate surface area is 107 Å². The zero-order valence-electron chi connectivity index (χ0n) is 10.3. The lowest BCUT2D eigenvalue weighted by atomic mass is 10.0. The van der Waals surface area contributed by atoms with Crippen LogP contribution in [0.25, 0.3) is 0 Å². The van der Waals surface area contributed by atoms with Gasteiger partial charge in [-0.15, -0.1) is 0 Å². The number of anilines is 1. The van der Waals surface area contributed by atoms with Crippen LogP contribution in [0, 0.1) is 0 Å². The van der Waals surface area contributed by atoms with Crippen molar-refractivity contribution < 1.29 is 4.79 Å². The van der Waals surface area contributed by atoms with Gasteiger partial charge in [0.15, 0.2) is 0 Å². The molecule has 90 valence electrons. The van der Waals surface area contributed by atoms with Crippen molar-refractivity contribution in [2.45, 2.75) is 19.4 Å². The van der Waals surface area contributed by atoms with Gasteiger partial charge in [-0.05, 0) is 30.2 Å². The molecule has 18 heavy (non-hydrogen) atoms. The predicted molar refractivity (Wildman–Crippen MR) is 72.7 cm³/mol. The first-order valence-electron chi connectivity index (χ1n) is 6.30. The van der Waals surface area contributed by atoms with Gasteiger partial charge in [0.1, 0.15) is 0 Å². The number of fused-ring (bicyclic) bond motifs is 1. The molecular formula is C16H15NO. The van der Waals surface area contributed by atoms with Crippen LogP contribution in [0.3, 0.4) is 0 Å². The Morgan fingerprint density at radius 2 is 1.67 bits per heavy atom. The zero-order chi connectivity index (χ0) is 12.5. The summed E-state index contributed by atoms with van der Waals surface area (Å²) in [6, 6.07) is 18.0. The maximum Gasteiger partial charge on any atom is 0.259 e. The van der Waals surface area contributed by atoms with Gasteiger partial charge in [0, 0.05) is 11.3 Å². The van der Waals surface area contributed by atoms with Crippen molar-refractivity contribution >= 4 is 11.6 Å². The summed E-state index contributed by atoms with van der Waals surface area (Å²) in [4.78, 5) is 14.4. The normalized spacial score (nSPS) is 17.9. The maximum atomic E-state index is 12.5. The van der Waals surface area contributed by atoms with E-state index in [9.17, 15) is 4.79 Å². The molecule has 0 bridgehead atoms. The van der Waals surface area contributed by atoms with Gasteiger partial charge in [0.05, 0.1) is 6.04 Å². The average molecular weight is 237 g/mol.